The van der Waals surface area contributed by atoms with Crippen molar-refractivity contribution in [3.8, 4) is 11.6 Å². The molecule has 4 heteroatoms. The predicted molar refractivity (Wildman–Crippen MR) is 84.0 cm³/mol. The maximum atomic E-state index is 7.60. The van der Waals surface area contributed by atoms with E-state index in [1.165, 1.54) is 0 Å². The van der Waals surface area contributed by atoms with Crippen LogP contribution in [0.5, 0.6) is 11.6 Å². The van der Waals surface area contributed by atoms with E-state index >= 15 is 0 Å². The van der Waals surface area contributed by atoms with E-state index in [-0.39, 0.29) is 5.84 Å². The summed E-state index contributed by atoms with van der Waals surface area (Å²) in [4.78, 5) is 4.33. The van der Waals surface area contributed by atoms with Crippen LogP contribution in [0.15, 0.2) is 54.6 Å². The Morgan fingerprint density at radius 3 is 2.57 bits per heavy atom. The Labute approximate surface area is 122 Å². The van der Waals surface area contributed by atoms with E-state index in [0.29, 0.717) is 17.2 Å². The zero-order valence-corrected chi connectivity index (χ0v) is 11.6. The smallest absolute Gasteiger partial charge is 0.230 e. The molecule has 104 valence electrons. The summed E-state index contributed by atoms with van der Waals surface area (Å²) in [5.74, 6) is 0.977. The van der Waals surface area contributed by atoms with Gasteiger partial charge in [-0.15, -0.1) is 0 Å². The van der Waals surface area contributed by atoms with Crippen LogP contribution in [-0.2, 0) is 0 Å². The molecule has 4 nitrogen and oxygen atoms in total. The molecular weight excluding hydrogens is 262 g/mol. The third-order valence-electron chi connectivity index (χ3n) is 3.23. The third-order valence-corrected chi connectivity index (χ3v) is 3.23. The average molecular weight is 277 g/mol. The molecule has 0 bridgehead atoms. The van der Waals surface area contributed by atoms with Gasteiger partial charge in [0.2, 0.25) is 5.88 Å². The molecule has 0 aliphatic rings. The second-order valence-electron chi connectivity index (χ2n) is 4.83. The number of benzene rings is 2. The molecule has 0 radical (unpaired) electrons. The standard InChI is InChI=1S/C17H15N3O/c1-11-6-9-15(16(18)19)17(20-11)21-14-8-7-12-4-2-3-5-13(12)10-14/h2-10H,1H3,(H3,18,19). The lowest BCUT2D eigenvalue weighted by atomic mass is 10.1. The SMILES string of the molecule is Cc1ccc(C(=N)N)c(Oc2ccc3ccccc3c2)n1. The minimum atomic E-state index is -0.0571. The highest BCUT2D eigenvalue weighted by Gasteiger charge is 2.10. The van der Waals surface area contributed by atoms with Crippen LogP contribution >= 0.6 is 0 Å². The number of pyridine rings is 1. The van der Waals surface area contributed by atoms with Crippen molar-refractivity contribution in [3.05, 3.63) is 65.9 Å². The number of nitrogen functional groups attached to an aromatic ring is 1. The molecule has 0 spiro atoms. The van der Waals surface area contributed by atoms with Crippen molar-refractivity contribution in [1.82, 2.24) is 4.98 Å². The van der Waals surface area contributed by atoms with E-state index in [4.69, 9.17) is 15.9 Å². The normalized spacial score (nSPS) is 10.5. The topological polar surface area (TPSA) is 72.0 Å². The second-order valence-corrected chi connectivity index (χ2v) is 4.83. The molecule has 2 aromatic carbocycles. The Bertz CT molecular complexity index is 827. The number of nitrogens with zero attached hydrogens (tertiary/aromatic N) is 1. The number of hydrogen-bond acceptors (Lipinski definition) is 3. The lowest BCUT2D eigenvalue weighted by Gasteiger charge is -2.10. The van der Waals surface area contributed by atoms with Crippen molar-refractivity contribution in [3.63, 3.8) is 0 Å². The van der Waals surface area contributed by atoms with Gasteiger partial charge in [0.1, 0.15) is 11.6 Å². The van der Waals surface area contributed by atoms with Gasteiger partial charge in [-0.3, -0.25) is 5.41 Å². The first kappa shape index (κ1) is 13.1. The summed E-state index contributed by atoms with van der Waals surface area (Å²) < 4.78 is 5.83. The minimum Gasteiger partial charge on any atom is -0.438 e. The molecule has 0 atom stereocenters. The largest absolute Gasteiger partial charge is 0.438 e. The minimum absolute atomic E-state index is 0.0571. The first-order chi connectivity index (χ1) is 10.1. The highest BCUT2D eigenvalue weighted by molar-refractivity contribution is 5.97. The maximum absolute atomic E-state index is 7.60. The van der Waals surface area contributed by atoms with Crippen LogP contribution in [0.25, 0.3) is 10.8 Å². The molecule has 3 aromatic rings. The van der Waals surface area contributed by atoms with Gasteiger partial charge < -0.3 is 10.5 Å². The monoisotopic (exact) mass is 277 g/mol. The highest BCUT2D eigenvalue weighted by Crippen LogP contribution is 2.26. The van der Waals surface area contributed by atoms with Crippen molar-refractivity contribution in [2.75, 3.05) is 0 Å². The molecule has 0 unspecified atom stereocenters. The molecule has 3 N–H and O–H groups in total. The van der Waals surface area contributed by atoms with Gasteiger partial charge in [0.05, 0.1) is 5.56 Å². The first-order valence-electron chi connectivity index (χ1n) is 6.62. The Morgan fingerprint density at radius 1 is 1.05 bits per heavy atom. The molecule has 1 heterocycles. The summed E-state index contributed by atoms with van der Waals surface area (Å²) in [5.41, 5.74) is 6.88. The molecule has 0 fully saturated rings. The predicted octanol–water partition coefficient (Wildman–Crippen LogP) is 3.62. The van der Waals surface area contributed by atoms with Gasteiger partial charge in [0, 0.05) is 5.69 Å². The summed E-state index contributed by atoms with van der Waals surface area (Å²) in [5, 5.41) is 9.84. The fourth-order valence-corrected chi connectivity index (χ4v) is 2.16. The van der Waals surface area contributed by atoms with Crippen LogP contribution in [0.4, 0.5) is 0 Å². The van der Waals surface area contributed by atoms with Crippen molar-refractivity contribution in [1.29, 1.82) is 5.41 Å². The zero-order valence-electron chi connectivity index (χ0n) is 11.6. The van der Waals surface area contributed by atoms with Crippen LogP contribution in [0.1, 0.15) is 11.3 Å². The van der Waals surface area contributed by atoms with Crippen LogP contribution < -0.4 is 10.5 Å². The quantitative estimate of drug-likeness (QED) is 0.567. The number of nitrogens with two attached hydrogens (primary N) is 1. The van der Waals surface area contributed by atoms with Crippen molar-refractivity contribution < 1.29 is 4.74 Å². The number of ether oxygens (including phenoxy) is 1. The number of aromatic nitrogens is 1. The molecular formula is C17H15N3O. The van der Waals surface area contributed by atoms with Gasteiger partial charge in [-0.05, 0) is 42.0 Å². The van der Waals surface area contributed by atoms with Gasteiger partial charge in [0.25, 0.3) is 0 Å². The molecule has 0 amide bonds. The first-order valence-corrected chi connectivity index (χ1v) is 6.62. The van der Waals surface area contributed by atoms with Gasteiger partial charge in [0.15, 0.2) is 0 Å². The number of amidine groups is 1. The number of fused-ring (bicyclic) bond motifs is 1. The fraction of sp³-hybridized carbons (Fsp3) is 0.0588. The van der Waals surface area contributed by atoms with Crippen LogP contribution in [-0.4, -0.2) is 10.8 Å². The Morgan fingerprint density at radius 2 is 1.81 bits per heavy atom. The lowest BCUT2D eigenvalue weighted by molar-refractivity contribution is 0.461. The van der Waals surface area contributed by atoms with E-state index < -0.39 is 0 Å². The van der Waals surface area contributed by atoms with Crippen LogP contribution in [0.3, 0.4) is 0 Å². The maximum Gasteiger partial charge on any atom is 0.230 e. The van der Waals surface area contributed by atoms with Gasteiger partial charge in [-0.2, -0.15) is 0 Å². The van der Waals surface area contributed by atoms with Gasteiger partial charge >= 0.3 is 0 Å². The average Bonchev–Trinajstić information content (AvgIpc) is 2.47. The number of aryl methyl sites for hydroxylation is 1. The van der Waals surface area contributed by atoms with E-state index in [0.717, 1.165) is 16.5 Å². The van der Waals surface area contributed by atoms with Crippen molar-refractivity contribution >= 4 is 16.6 Å². The summed E-state index contributed by atoms with van der Waals surface area (Å²) in [6.45, 7) is 1.87. The summed E-state index contributed by atoms with van der Waals surface area (Å²) in [6.07, 6.45) is 0. The van der Waals surface area contributed by atoms with Gasteiger partial charge in [-0.1, -0.05) is 30.3 Å². The van der Waals surface area contributed by atoms with Crippen molar-refractivity contribution in [2.45, 2.75) is 6.92 Å². The second kappa shape index (κ2) is 5.25. The number of nitrogens with one attached hydrogen (secondary N) is 1. The van der Waals surface area contributed by atoms with E-state index in [9.17, 15) is 0 Å². The molecule has 0 aliphatic heterocycles. The Balaban J connectivity index is 2.02. The summed E-state index contributed by atoms with van der Waals surface area (Å²) in [7, 11) is 0. The van der Waals surface area contributed by atoms with Crippen LogP contribution in [0, 0.1) is 12.3 Å². The Hall–Kier alpha value is -2.88. The van der Waals surface area contributed by atoms with E-state index in [1.54, 1.807) is 6.07 Å². The molecule has 0 aliphatic carbocycles. The van der Waals surface area contributed by atoms with Gasteiger partial charge in [-0.25, -0.2) is 4.98 Å². The number of hydrogen-bond donors (Lipinski definition) is 2. The third kappa shape index (κ3) is 2.69. The van der Waals surface area contributed by atoms with Crippen LogP contribution in [0.2, 0.25) is 0 Å². The Kier molecular flexibility index (Phi) is 3.28. The molecule has 3 rings (SSSR count). The molecule has 0 saturated carbocycles. The fourth-order valence-electron chi connectivity index (χ4n) is 2.16. The number of rotatable bonds is 3. The highest BCUT2D eigenvalue weighted by atomic mass is 16.5. The van der Waals surface area contributed by atoms with E-state index in [2.05, 4.69) is 4.98 Å². The lowest BCUT2D eigenvalue weighted by Crippen LogP contribution is -2.13. The van der Waals surface area contributed by atoms with E-state index in [1.807, 2.05) is 55.5 Å². The molecule has 21 heavy (non-hydrogen) atoms. The van der Waals surface area contributed by atoms with Crippen molar-refractivity contribution in [2.24, 2.45) is 5.73 Å². The zero-order chi connectivity index (χ0) is 14.8. The summed E-state index contributed by atoms with van der Waals surface area (Å²) >= 11 is 0. The molecule has 0 saturated heterocycles. The molecule has 1 aromatic heterocycles. The summed E-state index contributed by atoms with van der Waals surface area (Å²) in [6, 6.07) is 17.4.